The van der Waals surface area contributed by atoms with Crippen molar-refractivity contribution in [2.24, 2.45) is 34.0 Å². The average molecular weight is 517 g/mol. The molecular formula is C27H32O10. The molecule has 3 heterocycles. The van der Waals surface area contributed by atoms with Crippen molar-refractivity contribution < 1.29 is 48.3 Å². The highest BCUT2D eigenvalue weighted by Crippen LogP contribution is 2.85. The van der Waals surface area contributed by atoms with Gasteiger partial charge in [-0.25, -0.2) is 4.79 Å². The molecule has 4 aliphatic carbocycles. The van der Waals surface area contributed by atoms with Gasteiger partial charge in [0.15, 0.2) is 11.9 Å². The number of ether oxygens (including phenoxy) is 3. The molecule has 1 spiro atoms. The number of fused-ring (bicyclic) bond motifs is 2. The van der Waals surface area contributed by atoms with Gasteiger partial charge in [-0.2, -0.15) is 0 Å². The van der Waals surface area contributed by atoms with Gasteiger partial charge in [0.25, 0.3) is 0 Å². The van der Waals surface area contributed by atoms with Gasteiger partial charge in [-0.1, -0.05) is 20.8 Å². The van der Waals surface area contributed by atoms with Crippen molar-refractivity contribution in [2.75, 3.05) is 7.11 Å². The molecule has 1 aromatic heterocycles. The second kappa shape index (κ2) is 6.47. The van der Waals surface area contributed by atoms with E-state index in [1.54, 1.807) is 19.9 Å². The average Bonchev–Trinajstić information content (AvgIpc) is 3.52. The Morgan fingerprint density at radius 1 is 1.22 bits per heavy atom. The number of ketones is 1. The number of hydrogen-bond acceptors (Lipinski definition) is 10. The maximum absolute atomic E-state index is 14.2. The molecule has 6 aliphatic rings. The summed E-state index contributed by atoms with van der Waals surface area (Å²) in [4.78, 5) is 40.1. The number of hydrogen-bond donors (Lipinski definition) is 3. The monoisotopic (exact) mass is 516 g/mol. The van der Waals surface area contributed by atoms with Crippen LogP contribution in [0.2, 0.25) is 0 Å². The Hall–Kier alpha value is -2.27. The van der Waals surface area contributed by atoms with Crippen molar-refractivity contribution in [1.82, 2.24) is 0 Å². The van der Waals surface area contributed by atoms with E-state index in [9.17, 15) is 29.7 Å². The normalized spacial score (nSPS) is 55.6. The van der Waals surface area contributed by atoms with Crippen LogP contribution in [-0.4, -0.2) is 69.2 Å². The lowest BCUT2D eigenvalue weighted by Gasteiger charge is -2.63. The molecule has 37 heavy (non-hydrogen) atoms. The summed E-state index contributed by atoms with van der Waals surface area (Å²) >= 11 is 0. The van der Waals surface area contributed by atoms with Crippen molar-refractivity contribution in [3.05, 3.63) is 24.2 Å². The second-order valence-electron chi connectivity index (χ2n) is 12.9. The zero-order chi connectivity index (χ0) is 26.6. The van der Waals surface area contributed by atoms with E-state index in [2.05, 4.69) is 0 Å². The molecule has 2 saturated heterocycles. The number of methoxy groups -OCH3 is 1. The molecule has 4 saturated carbocycles. The molecule has 7 rings (SSSR count). The fourth-order valence-corrected chi connectivity index (χ4v) is 10.7. The van der Waals surface area contributed by atoms with Gasteiger partial charge in [-0.15, -0.1) is 0 Å². The first-order valence-corrected chi connectivity index (χ1v) is 12.9. The van der Waals surface area contributed by atoms with Crippen LogP contribution in [0.4, 0.5) is 0 Å². The lowest BCUT2D eigenvalue weighted by atomic mass is 9.45. The summed E-state index contributed by atoms with van der Waals surface area (Å²) in [5, 5.41) is 36.8. The number of cyclic esters (lactones) is 1. The minimum Gasteiger partial charge on any atom is -0.472 e. The van der Waals surface area contributed by atoms with E-state index in [-0.39, 0.29) is 18.6 Å². The molecule has 6 fully saturated rings. The van der Waals surface area contributed by atoms with E-state index >= 15 is 0 Å². The number of aliphatic hydroxyl groups is 3. The lowest BCUT2D eigenvalue weighted by Crippen LogP contribution is -2.72. The summed E-state index contributed by atoms with van der Waals surface area (Å²) < 4.78 is 22.7. The molecule has 2 aliphatic heterocycles. The maximum Gasteiger partial charge on any atom is 0.335 e. The minimum atomic E-state index is -1.79. The van der Waals surface area contributed by atoms with Crippen molar-refractivity contribution in [3.63, 3.8) is 0 Å². The Kier molecular flexibility index (Phi) is 4.17. The maximum atomic E-state index is 14.2. The van der Waals surface area contributed by atoms with Gasteiger partial charge in [0.2, 0.25) is 0 Å². The van der Waals surface area contributed by atoms with Crippen molar-refractivity contribution in [3.8, 4) is 0 Å². The van der Waals surface area contributed by atoms with Crippen LogP contribution in [0.25, 0.3) is 0 Å². The highest BCUT2D eigenvalue weighted by atomic mass is 16.6. The van der Waals surface area contributed by atoms with Gasteiger partial charge in [-0.3, -0.25) is 9.59 Å². The van der Waals surface area contributed by atoms with Crippen LogP contribution in [0.3, 0.4) is 0 Å². The SMILES string of the molecule is COC(=O)[C@@H](O)[C@@H]1[C@@]2(C)[C@H]3CC[C@@]4(C)[C@H](c5ccoc5)OC(=O)C[C@@]45OC4C(=O)[C@]1(C)C[C@]2(O)[C@H]4[C@@]35O. The van der Waals surface area contributed by atoms with Crippen molar-refractivity contribution in [1.29, 1.82) is 0 Å². The highest BCUT2D eigenvalue weighted by molar-refractivity contribution is 5.94. The molecule has 200 valence electrons. The number of carbonyl (C=O) groups excluding carboxylic acids is 3. The zero-order valence-electron chi connectivity index (χ0n) is 21.2. The predicted octanol–water partition coefficient (Wildman–Crippen LogP) is 1.06. The van der Waals surface area contributed by atoms with E-state index in [1.165, 1.54) is 12.5 Å². The van der Waals surface area contributed by atoms with Crippen LogP contribution in [0, 0.1) is 34.0 Å². The van der Waals surface area contributed by atoms with Gasteiger partial charge < -0.3 is 33.9 Å². The van der Waals surface area contributed by atoms with Crippen molar-refractivity contribution >= 4 is 17.7 Å². The first-order valence-electron chi connectivity index (χ1n) is 12.9. The molecule has 12 atom stereocenters. The van der Waals surface area contributed by atoms with Crippen LogP contribution in [0.15, 0.2) is 23.0 Å². The molecule has 1 aromatic rings. The number of esters is 2. The first-order chi connectivity index (χ1) is 17.3. The van der Waals surface area contributed by atoms with Gasteiger partial charge in [0, 0.05) is 27.7 Å². The smallest absolute Gasteiger partial charge is 0.335 e. The fraction of sp³-hybridized carbons (Fsp3) is 0.741. The molecule has 0 aromatic carbocycles. The molecule has 1 unspecified atom stereocenters. The Morgan fingerprint density at radius 2 is 1.95 bits per heavy atom. The van der Waals surface area contributed by atoms with E-state index in [0.29, 0.717) is 18.4 Å². The van der Waals surface area contributed by atoms with Crippen LogP contribution in [0.1, 0.15) is 58.1 Å². The Morgan fingerprint density at radius 3 is 2.59 bits per heavy atom. The second-order valence-corrected chi connectivity index (χ2v) is 12.9. The summed E-state index contributed by atoms with van der Waals surface area (Å²) in [6.07, 6.45) is -0.164. The standard InChI is InChI=1S/C27H32O10/c1-22-11-25(32)18-16(19(22)30)37-26-9-14(28)36-20(12-6-8-35-10-12)23(26,2)7-5-13(27(18,26)33)24(25,3)17(22)15(29)21(31)34-4/h6,8,10,13,15-18,20,29,32-33H,5,7,9,11H2,1-4H3/t13-,15+,16?,17+,18+,20+,22-,23+,24-,25+,26-,27+/m1/s1. The third-order valence-electron chi connectivity index (χ3n) is 11.9. The molecule has 0 amide bonds. The lowest BCUT2D eigenvalue weighted by molar-refractivity contribution is -0.295. The Labute approximate surface area is 213 Å². The van der Waals surface area contributed by atoms with Gasteiger partial charge in [0.1, 0.15) is 23.4 Å². The number of Topliss-reactive ketones (excluding diaryl/α,β-unsaturated/α-hetero) is 1. The van der Waals surface area contributed by atoms with Crippen LogP contribution in [-0.2, 0) is 28.6 Å². The number of carbonyl (C=O) groups is 3. The van der Waals surface area contributed by atoms with Crippen LogP contribution < -0.4 is 0 Å². The first kappa shape index (κ1) is 23.8. The summed E-state index contributed by atoms with van der Waals surface area (Å²) in [6, 6.07) is 1.71. The van der Waals surface area contributed by atoms with E-state index < -0.39 is 81.1 Å². The van der Waals surface area contributed by atoms with E-state index in [0.717, 1.165) is 7.11 Å². The number of aliphatic hydroxyl groups excluding tert-OH is 1. The summed E-state index contributed by atoms with van der Waals surface area (Å²) in [6.45, 7) is 5.34. The summed E-state index contributed by atoms with van der Waals surface area (Å²) in [5.41, 5.74) is -7.81. The molecular weight excluding hydrogens is 484 g/mol. The number of furan rings is 1. The van der Waals surface area contributed by atoms with Crippen LogP contribution >= 0.6 is 0 Å². The predicted molar refractivity (Wildman–Crippen MR) is 121 cm³/mol. The van der Waals surface area contributed by atoms with Crippen molar-refractivity contribution in [2.45, 2.75) is 81.6 Å². The number of rotatable bonds is 3. The fourth-order valence-electron chi connectivity index (χ4n) is 10.7. The largest absolute Gasteiger partial charge is 0.472 e. The van der Waals surface area contributed by atoms with Gasteiger partial charge >= 0.3 is 11.9 Å². The van der Waals surface area contributed by atoms with E-state index in [1.807, 2.05) is 6.92 Å². The quantitative estimate of drug-likeness (QED) is 0.497. The minimum absolute atomic E-state index is 0.0280. The van der Waals surface area contributed by atoms with Crippen LogP contribution in [0.5, 0.6) is 0 Å². The Bertz CT molecular complexity index is 1240. The highest BCUT2D eigenvalue weighted by Gasteiger charge is 2.95. The summed E-state index contributed by atoms with van der Waals surface area (Å²) in [5.74, 6) is -4.55. The molecule has 2 bridgehead atoms. The third-order valence-corrected chi connectivity index (χ3v) is 11.9. The molecule has 3 N–H and O–H groups in total. The topological polar surface area (TPSA) is 153 Å². The molecule has 10 heteroatoms. The van der Waals surface area contributed by atoms with Gasteiger partial charge in [-0.05, 0) is 31.2 Å². The van der Waals surface area contributed by atoms with Gasteiger partial charge in [0.05, 0.1) is 37.6 Å². The Balaban J connectivity index is 1.49. The van der Waals surface area contributed by atoms with E-state index in [4.69, 9.17) is 18.6 Å². The molecule has 0 radical (unpaired) electrons. The zero-order valence-corrected chi connectivity index (χ0v) is 21.2. The summed E-state index contributed by atoms with van der Waals surface area (Å²) in [7, 11) is 1.16. The molecule has 10 nitrogen and oxygen atoms in total. The third kappa shape index (κ3) is 2.08.